The minimum atomic E-state index is -0.552. The molecule has 0 saturated carbocycles. The topological polar surface area (TPSA) is 85.6 Å². The Morgan fingerprint density at radius 3 is 2.86 bits per heavy atom. The van der Waals surface area contributed by atoms with Crippen molar-refractivity contribution in [3.05, 3.63) is 35.0 Å². The first-order valence-electron chi connectivity index (χ1n) is 6.09. The standard InChI is InChI=1S/C14H16ClN3O3/c1-18(5-6-19)9-10(8-16)14(20)17-11-3-4-13(21-2)12(15)7-11/h3-4,7,9,19H,5-6H2,1-2H3,(H,17,20)/b10-9-. The number of hydrogen-bond donors (Lipinski definition) is 2. The van der Waals surface area contributed by atoms with E-state index < -0.39 is 5.91 Å². The van der Waals surface area contributed by atoms with E-state index in [1.807, 2.05) is 6.07 Å². The Kier molecular flexibility index (Phi) is 6.53. The molecule has 6 nitrogen and oxygen atoms in total. The van der Waals surface area contributed by atoms with Crippen LogP contribution in [-0.4, -0.2) is 43.2 Å². The molecule has 2 N–H and O–H groups in total. The third-order valence-corrected chi connectivity index (χ3v) is 2.87. The van der Waals surface area contributed by atoms with E-state index in [-0.39, 0.29) is 12.2 Å². The van der Waals surface area contributed by atoms with Crippen LogP contribution in [0.15, 0.2) is 30.0 Å². The number of hydrogen-bond acceptors (Lipinski definition) is 5. The van der Waals surface area contributed by atoms with E-state index in [4.69, 9.17) is 26.7 Å². The molecule has 0 bridgehead atoms. The van der Waals surface area contributed by atoms with Gasteiger partial charge >= 0.3 is 0 Å². The van der Waals surface area contributed by atoms with Crippen LogP contribution in [-0.2, 0) is 4.79 Å². The van der Waals surface area contributed by atoms with Gasteiger partial charge < -0.3 is 20.1 Å². The van der Waals surface area contributed by atoms with Crippen molar-refractivity contribution in [2.75, 3.05) is 32.6 Å². The first-order chi connectivity index (χ1) is 10.0. The Morgan fingerprint density at radius 2 is 2.33 bits per heavy atom. The minimum Gasteiger partial charge on any atom is -0.495 e. The van der Waals surface area contributed by atoms with Crippen LogP contribution < -0.4 is 10.1 Å². The average Bonchev–Trinajstić information content (AvgIpc) is 2.45. The molecule has 0 radical (unpaired) electrons. The molecule has 0 fully saturated rings. The third-order valence-electron chi connectivity index (χ3n) is 2.58. The number of nitrogens with one attached hydrogen (secondary N) is 1. The predicted molar refractivity (Wildman–Crippen MR) is 80.0 cm³/mol. The van der Waals surface area contributed by atoms with Crippen molar-refractivity contribution in [2.24, 2.45) is 0 Å². The summed E-state index contributed by atoms with van der Waals surface area (Å²) in [4.78, 5) is 13.5. The predicted octanol–water partition coefficient (Wildman–Crippen LogP) is 1.62. The molecule has 0 saturated heterocycles. The van der Waals surface area contributed by atoms with Crippen LogP contribution in [0.5, 0.6) is 5.75 Å². The Hall–Kier alpha value is -2.23. The van der Waals surface area contributed by atoms with Crippen molar-refractivity contribution in [1.29, 1.82) is 5.26 Å². The molecule has 0 aliphatic carbocycles. The molecule has 112 valence electrons. The number of anilines is 1. The largest absolute Gasteiger partial charge is 0.495 e. The molecule has 0 unspecified atom stereocenters. The summed E-state index contributed by atoms with van der Waals surface area (Å²) < 4.78 is 5.01. The summed E-state index contributed by atoms with van der Waals surface area (Å²) >= 11 is 5.96. The normalized spacial score (nSPS) is 10.7. The second-order valence-electron chi connectivity index (χ2n) is 4.16. The van der Waals surface area contributed by atoms with Crippen LogP contribution in [0.4, 0.5) is 5.69 Å². The average molecular weight is 310 g/mol. The number of benzene rings is 1. The maximum Gasteiger partial charge on any atom is 0.267 e. The van der Waals surface area contributed by atoms with E-state index in [9.17, 15) is 4.79 Å². The van der Waals surface area contributed by atoms with Crippen molar-refractivity contribution < 1.29 is 14.6 Å². The molecule has 0 heterocycles. The van der Waals surface area contributed by atoms with Gasteiger partial charge in [-0.3, -0.25) is 4.79 Å². The molecule has 1 aromatic carbocycles. The van der Waals surface area contributed by atoms with Crippen molar-refractivity contribution in [1.82, 2.24) is 4.90 Å². The van der Waals surface area contributed by atoms with Gasteiger partial charge in [0.1, 0.15) is 17.4 Å². The van der Waals surface area contributed by atoms with Gasteiger partial charge in [0.25, 0.3) is 5.91 Å². The maximum atomic E-state index is 12.0. The van der Waals surface area contributed by atoms with Gasteiger partial charge in [0.15, 0.2) is 0 Å². The number of aliphatic hydroxyl groups is 1. The van der Waals surface area contributed by atoms with Gasteiger partial charge in [-0.25, -0.2) is 0 Å². The zero-order valence-corrected chi connectivity index (χ0v) is 12.5. The Bertz CT molecular complexity index is 581. The number of amides is 1. The zero-order valence-electron chi connectivity index (χ0n) is 11.8. The summed E-state index contributed by atoms with van der Waals surface area (Å²) in [7, 11) is 3.15. The second kappa shape index (κ2) is 8.15. The fourth-order valence-electron chi connectivity index (χ4n) is 1.52. The summed E-state index contributed by atoms with van der Waals surface area (Å²) in [5.41, 5.74) is 0.384. The van der Waals surface area contributed by atoms with Crippen LogP contribution in [0.25, 0.3) is 0 Å². The van der Waals surface area contributed by atoms with E-state index in [2.05, 4.69) is 5.32 Å². The highest BCUT2D eigenvalue weighted by atomic mass is 35.5. The summed E-state index contributed by atoms with van der Waals surface area (Å²) in [5.74, 6) is -0.0584. The van der Waals surface area contributed by atoms with Crippen molar-refractivity contribution in [3.8, 4) is 11.8 Å². The van der Waals surface area contributed by atoms with Crippen LogP contribution >= 0.6 is 11.6 Å². The highest BCUT2D eigenvalue weighted by Crippen LogP contribution is 2.27. The molecule has 7 heteroatoms. The summed E-state index contributed by atoms with van der Waals surface area (Å²) in [6, 6.07) is 6.59. The van der Waals surface area contributed by atoms with E-state index in [0.29, 0.717) is 23.0 Å². The van der Waals surface area contributed by atoms with Crippen molar-refractivity contribution in [3.63, 3.8) is 0 Å². The Labute approximate surface area is 128 Å². The van der Waals surface area contributed by atoms with Gasteiger partial charge in [-0.2, -0.15) is 5.26 Å². The molecule has 0 aliphatic heterocycles. The molecule has 0 aromatic heterocycles. The van der Waals surface area contributed by atoms with Gasteiger partial charge in [-0.1, -0.05) is 11.6 Å². The third kappa shape index (κ3) is 4.99. The minimum absolute atomic E-state index is 0.0680. The van der Waals surface area contributed by atoms with E-state index in [1.54, 1.807) is 24.1 Å². The van der Waals surface area contributed by atoms with Crippen molar-refractivity contribution in [2.45, 2.75) is 0 Å². The van der Waals surface area contributed by atoms with E-state index >= 15 is 0 Å². The number of methoxy groups -OCH3 is 1. The number of halogens is 1. The van der Waals surface area contributed by atoms with Crippen LogP contribution in [0.3, 0.4) is 0 Å². The molecule has 1 amide bonds. The Balaban J connectivity index is 2.84. The number of carbonyl (C=O) groups is 1. The summed E-state index contributed by atoms with van der Waals surface area (Å²) in [6.45, 7) is 0.258. The lowest BCUT2D eigenvalue weighted by atomic mass is 10.2. The lowest BCUT2D eigenvalue weighted by Crippen LogP contribution is -2.20. The number of rotatable bonds is 6. The highest BCUT2D eigenvalue weighted by Gasteiger charge is 2.11. The molecule has 1 aromatic rings. The molecular weight excluding hydrogens is 294 g/mol. The summed E-state index contributed by atoms with van der Waals surface area (Å²) in [5, 5.41) is 20.7. The van der Waals surface area contributed by atoms with E-state index in [0.717, 1.165) is 0 Å². The maximum absolute atomic E-state index is 12.0. The number of aliphatic hydroxyl groups excluding tert-OH is 1. The molecule has 0 atom stereocenters. The number of nitrogens with zero attached hydrogens (tertiary/aromatic N) is 2. The smallest absolute Gasteiger partial charge is 0.267 e. The van der Waals surface area contributed by atoms with Gasteiger partial charge in [0, 0.05) is 25.5 Å². The number of likely N-dealkylation sites (N-methyl/N-ethyl adjacent to an activating group) is 1. The fourth-order valence-corrected chi connectivity index (χ4v) is 1.78. The van der Waals surface area contributed by atoms with Gasteiger partial charge in [-0.05, 0) is 18.2 Å². The van der Waals surface area contributed by atoms with Crippen molar-refractivity contribution >= 4 is 23.2 Å². The van der Waals surface area contributed by atoms with E-state index in [1.165, 1.54) is 19.4 Å². The monoisotopic (exact) mass is 309 g/mol. The van der Waals surface area contributed by atoms with Gasteiger partial charge in [0.05, 0.1) is 18.7 Å². The summed E-state index contributed by atoms with van der Waals surface area (Å²) in [6.07, 6.45) is 1.37. The molecular formula is C14H16ClN3O3. The SMILES string of the molecule is COc1ccc(NC(=O)/C(C#N)=C\N(C)CCO)cc1Cl. The molecule has 1 rings (SSSR count). The fraction of sp³-hybridized carbons (Fsp3) is 0.286. The number of ether oxygens (including phenoxy) is 1. The van der Waals surface area contributed by atoms with Crippen LogP contribution in [0.2, 0.25) is 5.02 Å². The first kappa shape index (κ1) is 16.8. The van der Waals surface area contributed by atoms with Gasteiger partial charge in [0.2, 0.25) is 0 Å². The van der Waals surface area contributed by atoms with Gasteiger partial charge in [-0.15, -0.1) is 0 Å². The zero-order chi connectivity index (χ0) is 15.8. The quantitative estimate of drug-likeness (QED) is 0.616. The van der Waals surface area contributed by atoms with Crippen LogP contribution in [0, 0.1) is 11.3 Å². The first-order valence-corrected chi connectivity index (χ1v) is 6.47. The number of nitriles is 1. The second-order valence-corrected chi connectivity index (χ2v) is 4.57. The molecule has 0 spiro atoms. The Morgan fingerprint density at radius 1 is 1.62 bits per heavy atom. The lowest BCUT2D eigenvalue weighted by molar-refractivity contribution is -0.112. The van der Waals surface area contributed by atoms with Crippen LogP contribution in [0.1, 0.15) is 0 Å². The number of carbonyl (C=O) groups excluding carboxylic acids is 1. The highest BCUT2D eigenvalue weighted by molar-refractivity contribution is 6.32. The molecule has 21 heavy (non-hydrogen) atoms. The lowest BCUT2D eigenvalue weighted by Gasteiger charge is -2.13. The molecule has 0 aliphatic rings.